The number of hydrazone groups is 1. The van der Waals surface area contributed by atoms with Crippen molar-refractivity contribution < 1.29 is 0 Å². The zero-order chi connectivity index (χ0) is 13.1. The van der Waals surface area contributed by atoms with E-state index in [-0.39, 0.29) is 0 Å². The Labute approximate surface area is 109 Å². The smallest absolute Gasteiger partial charge is 0.128 e. The van der Waals surface area contributed by atoms with E-state index in [0.717, 1.165) is 24.4 Å². The van der Waals surface area contributed by atoms with Gasteiger partial charge < -0.3 is 0 Å². The minimum atomic E-state index is 0.383. The molecule has 0 bridgehead atoms. The highest BCUT2D eigenvalue weighted by Gasteiger charge is 2.23. The molecule has 3 heteroatoms. The molecule has 1 aliphatic heterocycles. The number of aryl methyl sites for hydroxylation is 1. The molecule has 0 radical (unpaired) electrons. The summed E-state index contributed by atoms with van der Waals surface area (Å²) < 4.78 is 0. The molecule has 1 unspecified atom stereocenters. The van der Waals surface area contributed by atoms with E-state index in [1.165, 1.54) is 5.56 Å². The van der Waals surface area contributed by atoms with E-state index in [9.17, 15) is 0 Å². The molecular weight excluding hydrogens is 222 g/mol. The van der Waals surface area contributed by atoms with Crippen LogP contribution in [0.2, 0.25) is 0 Å². The first-order chi connectivity index (χ1) is 8.67. The van der Waals surface area contributed by atoms with Gasteiger partial charge in [0.2, 0.25) is 0 Å². The van der Waals surface area contributed by atoms with Crippen molar-refractivity contribution in [3.8, 4) is 0 Å². The van der Waals surface area contributed by atoms with E-state index >= 15 is 0 Å². The third-order valence-corrected chi connectivity index (χ3v) is 3.47. The monoisotopic (exact) mass is 243 g/mol. The lowest BCUT2D eigenvalue weighted by Gasteiger charge is -2.25. The van der Waals surface area contributed by atoms with Crippen LogP contribution in [0.3, 0.4) is 0 Å². The summed E-state index contributed by atoms with van der Waals surface area (Å²) in [6, 6.07) is 8.94. The van der Waals surface area contributed by atoms with Crippen molar-refractivity contribution in [2.75, 3.05) is 4.90 Å². The van der Waals surface area contributed by atoms with Gasteiger partial charge in [-0.15, -0.1) is 0 Å². The molecule has 1 atom stereocenters. The van der Waals surface area contributed by atoms with Gasteiger partial charge in [0.1, 0.15) is 12.2 Å². The van der Waals surface area contributed by atoms with Crippen LogP contribution in [-0.4, -0.2) is 17.4 Å². The second-order valence-corrected chi connectivity index (χ2v) is 4.64. The third kappa shape index (κ3) is 2.26. The van der Waals surface area contributed by atoms with Crippen LogP contribution in [-0.2, 0) is 6.42 Å². The molecule has 0 saturated carbocycles. The normalized spacial score (nSPS) is 16.5. The van der Waals surface area contributed by atoms with Gasteiger partial charge in [-0.1, -0.05) is 32.6 Å². The fraction of sp³-hybridized carbons (Fsp3) is 0.400. The lowest BCUT2D eigenvalue weighted by atomic mass is 10.1. The Morgan fingerprint density at radius 3 is 2.44 bits per heavy atom. The summed E-state index contributed by atoms with van der Waals surface area (Å²) in [4.78, 5) is 2.03. The minimum absolute atomic E-state index is 0.383. The molecule has 0 aliphatic carbocycles. The SMILES string of the molecule is C=C1N(c2ccc(CC)cc2)C=NN1C(C)CC. The summed E-state index contributed by atoms with van der Waals surface area (Å²) in [7, 11) is 0. The Morgan fingerprint density at radius 2 is 1.89 bits per heavy atom. The molecule has 0 saturated heterocycles. The predicted octanol–water partition coefficient (Wildman–Crippen LogP) is 3.58. The first-order valence-corrected chi connectivity index (χ1v) is 6.57. The maximum Gasteiger partial charge on any atom is 0.128 e. The number of rotatable bonds is 4. The summed E-state index contributed by atoms with van der Waals surface area (Å²) in [5.74, 6) is 0.925. The first kappa shape index (κ1) is 12.7. The lowest BCUT2D eigenvalue weighted by molar-refractivity contribution is 0.286. The summed E-state index contributed by atoms with van der Waals surface area (Å²) >= 11 is 0. The number of benzene rings is 1. The molecule has 0 fully saturated rings. The topological polar surface area (TPSA) is 18.8 Å². The van der Waals surface area contributed by atoms with Crippen molar-refractivity contribution in [2.24, 2.45) is 5.10 Å². The molecule has 0 spiro atoms. The number of hydrogen-bond acceptors (Lipinski definition) is 3. The van der Waals surface area contributed by atoms with Crippen molar-refractivity contribution >= 4 is 12.0 Å². The molecule has 0 amide bonds. The fourth-order valence-electron chi connectivity index (χ4n) is 2.00. The van der Waals surface area contributed by atoms with Crippen LogP contribution in [0.15, 0.2) is 41.8 Å². The molecular formula is C15H21N3. The second-order valence-electron chi connectivity index (χ2n) is 4.64. The Hall–Kier alpha value is -1.77. The van der Waals surface area contributed by atoms with Crippen molar-refractivity contribution in [3.63, 3.8) is 0 Å². The first-order valence-electron chi connectivity index (χ1n) is 6.57. The number of anilines is 1. The van der Waals surface area contributed by atoms with Crippen molar-refractivity contribution in [3.05, 3.63) is 42.2 Å². The van der Waals surface area contributed by atoms with Crippen LogP contribution in [0.5, 0.6) is 0 Å². The van der Waals surface area contributed by atoms with E-state index in [1.54, 1.807) is 0 Å². The third-order valence-electron chi connectivity index (χ3n) is 3.47. The molecule has 0 N–H and O–H groups in total. The molecule has 1 aromatic rings. The quantitative estimate of drug-likeness (QED) is 0.805. The predicted molar refractivity (Wildman–Crippen MR) is 77.5 cm³/mol. The Morgan fingerprint density at radius 1 is 1.22 bits per heavy atom. The maximum atomic E-state index is 4.42. The molecule has 1 aromatic carbocycles. The van der Waals surface area contributed by atoms with Crippen LogP contribution in [0, 0.1) is 0 Å². The van der Waals surface area contributed by atoms with Crippen molar-refractivity contribution in [1.82, 2.24) is 5.01 Å². The summed E-state index contributed by atoms with van der Waals surface area (Å²) in [5, 5.41) is 6.40. The molecule has 18 heavy (non-hydrogen) atoms. The van der Waals surface area contributed by atoms with Gasteiger partial charge in [0.25, 0.3) is 0 Å². The highest BCUT2D eigenvalue weighted by molar-refractivity contribution is 5.84. The van der Waals surface area contributed by atoms with Crippen LogP contribution in [0.4, 0.5) is 5.69 Å². The highest BCUT2D eigenvalue weighted by Crippen LogP contribution is 2.26. The highest BCUT2D eigenvalue weighted by atomic mass is 15.6. The number of nitrogens with zero attached hydrogens (tertiary/aromatic N) is 3. The van der Waals surface area contributed by atoms with Gasteiger partial charge in [0, 0.05) is 5.69 Å². The average Bonchev–Trinajstić information content (AvgIpc) is 2.80. The number of hydrogen-bond donors (Lipinski definition) is 0. The van der Waals surface area contributed by atoms with Crippen LogP contribution in [0.1, 0.15) is 32.8 Å². The van der Waals surface area contributed by atoms with Gasteiger partial charge in [-0.05, 0) is 37.5 Å². The summed E-state index contributed by atoms with van der Waals surface area (Å²) in [6.45, 7) is 10.6. The van der Waals surface area contributed by atoms with Gasteiger partial charge in [0.05, 0.1) is 6.04 Å². The van der Waals surface area contributed by atoms with Crippen LogP contribution < -0.4 is 4.90 Å². The van der Waals surface area contributed by atoms with Crippen molar-refractivity contribution in [1.29, 1.82) is 0 Å². The molecule has 2 rings (SSSR count). The van der Waals surface area contributed by atoms with Gasteiger partial charge in [-0.25, -0.2) is 5.01 Å². The maximum absolute atomic E-state index is 4.42. The molecule has 1 aliphatic rings. The Bertz CT molecular complexity index is 447. The summed E-state index contributed by atoms with van der Waals surface area (Å²) in [6.07, 6.45) is 3.96. The molecule has 3 nitrogen and oxygen atoms in total. The standard InChI is InChI=1S/C15H21N3/c1-5-12(3)18-13(4)17(11-16-18)15-9-7-14(6-2)8-10-15/h7-12H,4-6H2,1-3H3. The van der Waals surface area contributed by atoms with Gasteiger partial charge in [-0.2, -0.15) is 5.10 Å². The van der Waals surface area contributed by atoms with Crippen LogP contribution >= 0.6 is 0 Å². The Balaban J connectivity index is 2.16. The molecule has 96 valence electrons. The zero-order valence-electron chi connectivity index (χ0n) is 11.4. The minimum Gasteiger partial charge on any atom is -0.284 e. The van der Waals surface area contributed by atoms with Gasteiger partial charge in [0.15, 0.2) is 0 Å². The zero-order valence-corrected chi connectivity index (χ0v) is 11.4. The van der Waals surface area contributed by atoms with E-state index in [1.807, 2.05) is 16.2 Å². The molecule has 0 aromatic heterocycles. The molecule has 1 heterocycles. The van der Waals surface area contributed by atoms with E-state index in [2.05, 4.69) is 56.7 Å². The van der Waals surface area contributed by atoms with E-state index in [0.29, 0.717) is 6.04 Å². The van der Waals surface area contributed by atoms with E-state index in [4.69, 9.17) is 0 Å². The fourth-order valence-corrected chi connectivity index (χ4v) is 2.00. The van der Waals surface area contributed by atoms with Crippen LogP contribution in [0.25, 0.3) is 0 Å². The average molecular weight is 243 g/mol. The Kier molecular flexibility index (Phi) is 3.70. The largest absolute Gasteiger partial charge is 0.284 e. The lowest BCUT2D eigenvalue weighted by Crippen LogP contribution is -2.29. The second kappa shape index (κ2) is 5.25. The van der Waals surface area contributed by atoms with Gasteiger partial charge >= 0.3 is 0 Å². The van der Waals surface area contributed by atoms with Gasteiger partial charge in [-0.3, -0.25) is 4.90 Å². The summed E-state index contributed by atoms with van der Waals surface area (Å²) in [5.41, 5.74) is 2.46. The van der Waals surface area contributed by atoms with Crippen molar-refractivity contribution in [2.45, 2.75) is 39.7 Å². The van der Waals surface area contributed by atoms with E-state index < -0.39 is 0 Å².